The molecule has 0 saturated heterocycles. The van der Waals surface area contributed by atoms with E-state index in [1.54, 1.807) is 18.2 Å². The Kier molecular flexibility index (Phi) is 7.01. The number of ether oxygens (including phenoxy) is 1. The van der Waals surface area contributed by atoms with Gasteiger partial charge >= 0.3 is 11.9 Å². The molecule has 0 spiro atoms. The number of hydrogen-bond acceptors (Lipinski definition) is 6. The molecule has 1 heterocycles. The van der Waals surface area contributed by atoms with Crippen LogP contribution in [0, 0.1) is 10.8 Å². The molecule has 0 unspecified atom stereocenters. The molecule has 37 heavy (non-hydrogen) atoms. The molecule has 3 aliphatic rings. The van der Waals surface area contributed by atoms with Gasteiger partial charge < -0.3 is 19.8 Å². The minimum atomic E-state index is -1.13. The van der Waals surface area contributed by atoms with Gasteiger partial charge in [-0.05, 0) is 41.4 Å². The Morgan fingerprint density at radius 1 is 0.946 bits per heavy atom. The molecule has 0 atom stereocenters. The number of hydrogen-bond donors (Lipinski definition) is 2. The molecule has 0 saturated carbocycles. The Morgan fingerprint density at radius 3 is 1.95 bits per heavy atom. The average molecular weight is 530 g/mol. The molecule has 1 aromatic carbocycles. The van der Waals surface area contributed by atoms with E-state index in [0.717, 1.165) is 11.4 Å². The van der Waals surface area contributed by atoms with Crippen molar-refractivity contribution in [2.45, 2.75) is 65.7 Å². The van der Waals surface area contributed by atoms with Crippen molar-refractivity contribution in [1.82, 2.24) is 4.90 Å². The number of halogens is 1. The molecule has 198 valence electrons. The summed E-state index contributed by atoms with van der Waals surface area (Å²) in [6.07, 6.45) is 1.64. The van der Waals surface area contributed by atoms with E-state index in [2.05, 4.69) is 0 Å². The number of carboxylic acids is 2. The van der Waals surface area contributed by atoms with Gasteiger partial charge in [0.2, 0.25) is 0 Å². The molecule has 2 aliphatic carbocycles. The van der Waals surface area contributed by atoms with Crippen LogP contribution in [0.4, 0.5) is 0 Å². The lowest BCUT2D eigenvalue weighted by molar-refractivity contribution is -0.139. The van der Waals surface area contributed by atoms with Gasteiger partial charge in [0.25, 0.3) is 0 Å². The van der Waals surface area contributed by atoms with Crippen molar-refractivity contribution in [2.75, 3.05) is 13.2 Å². The second-order valence-electron chi connectivity index (χ2n) is 11.7. The standard InChI is InChI=1S/C28H32ClNO7/c1-27(2)10-17-25(19(31)12-27)24(15-5-6-21(16(29)9-15)37-14-23(35)36)26-18(30(17)8-7-22(33)34)11-28(3,4)13-20(26)32/h5-6,9,24H,7-8,10-14H2,1-4H3,(H,33,34)(H,35,36). The predicted molar refractivity (Wildman–Crippen MR) is 136 cm³/mol. The number of Topliss-reactive ketones (excluding diaryl/α,β-unsaturated/α-hetero) is 2. The minimum Gasteiger partial charge on any atom is -0.481 e. The molecule has 2 N–H and O–H groups in total. The van der Waals surface area contributed by atoms with Gasteiger partial charge in [0, 0.05) is 47.8 Å². The van der Waals surface area contributed by atoms with E-state index in [1.165, 1.54) is 0 Å². The Hall–Kier alpha value is -3.13. The minimum absolute atomic E-state index is 0.0666. The van der Waals surface area contributed by atoms with E-state index in [9.17, 15) is 24.3 Å². The highest BCUT2D eigenvalue weighted by atomic mass is 35.5. The topological polar surface area (TPSA) is 121 Å². The summed E-state index contributed by atoms with van der Waals surface area (Å²) in [4.78, 5) is 51.8. The van der Waals surface area contributed by atoms with Crippen LogP contribution >= 0.6 is 11.6 Å². The first-order valence-electron chi connectivity index (χ1n) is 12.3. The molecule has 0 radical (unpaired) electrons. The lowest BCUT2D eigenvalue weighted by Gasteiger charge is -2.49. The molecule has 8 nitrogen and oxygen atoms in total. The quantitative estimate of drug-likeness (QED) is 0.508. The molecule has 0 aromatic heterocycles. The maximum atomic E-state index is 13.7. The number of ketones is 2. The first kappa shape index (κ1) is 26.9. The van der Waals surface area contributed by atoms with Crippen molar-refractivity contribution >= 4 is 35.1 Å². The fourth-order valence-corrected chi connectivity index (χ4v) is 6.06. The molecule has 0 amide bonds. The summed E-state index contributed by atoms with van der Waals surface area (Å²) in [6, 6.07) is 4.91. The molecule has 1 aliphatic heterocycles. The van der Waals surface area contributed by atoms with Gasteiger partial charge in [-0.25, -0.2) is 4.79 Å². The van der Waals surface area contributed by atoms with Crippen molar-refractivity contribution in [3.8, 4) is 5.75 Å². The van der Waals surface area contributed by atoms with E-state index in [1.807, 2.05) is 32.6 Å². The van der Waals surface area contributed by atoms with Crippen molar-refractivity contribution in [3.05, 3.63) is 51.3 Å². The zero-order valence-corrected chi connectivity index (χ0v) is 22.3. The van der Waals surface area contributed by atoms with E-state index >= 15 is 0 Å². The Labute approximate surface area is 220 Å². The number of rotatable bonds is 7. The highest BCUT2D eigenvalue weighted by Crippen LogP contribution is 2.54. The number of benzene rings is 1. The second kappa shape index (κ2) is 9.63. The van der Waals surface area contributed by atoms with Crippen molar-refractivity contribution in [2.24, 2.45) is 10.8 Å². The highest BCUT2D eigenvalue weighted by molar-refractivity contribution is 6.32. The lowest BCUT2D eigenvalue weighted by Crippen LogP contribution is -2.45. The molecular formula is C28H32ClNO7. The number of carboxylic acid groups (broad SMARTS) is 2. The molecule has 0 bridgehead atoms. The Balaban J connectivity index is 1.91. The Morgan fingerprint density at radius 2 is 1.49 bits per heavy atom. The van der Waals surface area contributed by atoms with E-state index in [0.29, 0.717) is 42.4 Å². The van der Waals surface area contributed by atoms with Crippen molar-refractivity contribution in [1.29, 1.82) is 0 Å². The first-order chi connectivity index (χ1) is 17.2. The van der Waals surface area contributed by atoms with E-state index < -0.39 is 24.5 Å². The van der Waals surface area contributed by atoms with Gasteiger partial charge in [-0.15, -0.1) is 0 Å². The van der Waals surface area contributed by atoms with Gasteiger partial charge in [-0.1, -0.05) is 45.4 Å². The molecule has 1 aromatic rings. The summed E-state index contributed by atoms with van der Waals surface area (Å²) in [5.41, 5.74) is 2.60. The normalized spacial score (nSPS) is 21.1. The third-order valence-corrected chi connectivity index (χ3v) is 7.51. The summed E-state index contributed by atoms with van der Waals surface area (Å²) in [6.45, 7) is 7.70. The zero-order chi connectivity index (χ0) is 27.3. The Bertz CT molecular complexity index is 1200. The fraction of sp³-hybridized carbons (Fsp3) is 0.500. The SMILES string of the molecule is CC1(C)CC(=O)C2=C(C1)N(CCC(=O)O)C1=C(C(=O)CC(C)(C)C1)C2c1ccc(OCC(=O)O)c(Cl)c1. The van der Waals surface area contributed by atoms with Crippen LogP contribution in [0.5, 0.6) is 5.75 Å². The summed E-state index contributed by atoms with van der Waals surface area (Å²) >= 11 is 6.46. The van der Waals surface area contributed by atoms with Crippen LogP contribution in [0.3, 0.4) is 0 Å². The van der Waals surface area contributed by atoms with Crippen LogP contribution in [0.25, 0.3) is 0 Å². The van der Waals surface area contributed by atoms with E-state index in [-0.39, 0.29) is 46.1 Å². The van der Waals surface area contributed by atoms with Crippen molar-refractivity contribution in [3.63, 3.8) is 0 Å². The van der Waals surface area contributed by atoms with Gasteiger partial charge in [0.15, 0.2) is 18.2 Å². The van der Waals surface area contributed by atoms with Crippen LogP contribution in [-0.2, 0) is 19.2 Å². The number of carbonyl (C=O) groups excluding carboxylic acids is 2. The number of nitrogens with zero attached hydrogens (tertiary/aromatic N) is 1. The summed E-state index contributed by atoms with van der Waals surface area (Å²) in [5, 5.41) is 18.6. The monoisotopic (exact) mass is 529 g/mol. The van der Waals surface area contributed by atoms with Crippen LogP contribution in [0.2, 0.25) is 5.02 Å². The largest absolute Gasteiger partial charge is 0.481 e. The van der Waals surface area contributed by atoms with E-state index in [4.69, 9.17) is 21.4 Å². The molecule has 0 fully saturated rings. The van der Waals surface area contributed by atoms with Crippen LogP contribution in [0.15, 0.2) is 40.7 Å². The van der Waals surface area contributed by atoms with Crippen LogP contribution in [-0.4, -0.2) is 51.8 Å². The fourth-order valence-electron chi connectivity index (χ4n) is 5.81. The van der Waals surface area contributed by atoms with Crippen LogP contribution < -0.4 is 4.74 Å². The highest BCUT2D eigenvalue weighted by Gasteiger charge is 2.49. The number of carbonyl (C=O) groups is 4. The third-order valence-electron chi connectivity index (χ3n) is 7.21. The van der Waals surface area contributed by atoms with Gasteiger partial charge in [0.1, 0.15) is 5.75 Å². The average Bonchev–Trinajstić information content (AvgIpc) is 2.74. The van der Waals surface area contributed by atoms with Crippen molar-refractivity contribution < 1.29 is 34.1 Å². The summed E-state index contributed by atoms with van der Waals surface area (Å²) in [7, 11) is 0. The lowest BCUT2D eigenvalue weighted by atomic mass is 9.63. The number of aliphatic carboxylic acids is 2. The van der Waals surface area contributed by atoms with Gasteiger partial charge in [0.05, 0.1) is 11.4 Å². The molecule has 4 rings (SSSR count). The smallest absolute Gasteiger partial charge is 0.341 e. The molecule has 9 heteroatoms. The summed E-state index contributed by atoms with van der Waals surface area (Å²) in [5.74, 6) is -2.65. The maximum Gasteiger partial charge on any atom is 0.341 e. The zero-order valence-electron chi connectivity index (χ0n) is 21.5. The summed E-state index contributed by atoms with van der Waals surface area (Å²) < 4.78 is 5.27. The predicted octanol–water partition coefficient (Wildman–Crippen LogP) is 4.96. The third kappa shape index (κ3) is 5.44. The second-order valence-corrected chi connectivity index (χ2v) is 12.1. The maximum absolute atomic E-state index is 13.7. The van der Waals surface area contributed by atoms with Gasteiger partial charge in [-0.2, -0.15) is 0 Å². The molecular weight excluding hydrogens is 498 g/mol. The number of allylic oxidation sites excluding steroid dienone is 4. The first-order valence-corrected chi connectivity index (χ1v) is 12.7. The van der Waals surface area contributed by atoms with Crippen LogP contribution in [0.1, 0.15) is 71.3 Å². The van der Waals surface area contributed by atoms with Gasteiger partial charge in [-0.3, -0.25) is 14.4 Å².